The SMILES string of the molecule is CO[C@H](C(=O)OC(C)(C)C)[C@H](N)C(=O)O. The average molecular weight is 219 g/mol. The third kappa shape index (κ3) is 4.75. The topological polar surface area (TPSA) is 98.9 Å². The molecule has 0 radical (unpaired) electrons. The van der Waals surface area contributed by atoms with Gasteiger partial charge in [-0.15, -0.1) is 0 Å². The molecule has 0 aromatic rings. The van der Waals surface area contributed by atoms with Crippen LogP contribution >= 0.6 is 0 Å². The molecule has 0 bridgehead atoms. The van der Waals surface area contributed by atoms with Gasteiger partial charge >= 0.3 is 11.9 Å². The van der Waals surface area contributed by atoms with Crippen LogP contribution in [-0.4, -0.2) is 41.9 Å². The second kappa shape index (κ2) is 5.09. The number of esters is 1. The van der Waals surface area contributed by atoms with Crippen molar-refractivity contribution in [3.05, 3.63) is 0 Å². The molecule has 0 saturated carbocycles. The molecule has 15 heavy (non-hydrogen) atoms. The van der Waals surface area contributed by atoms with Gasteiger partial charge in [0.15, 0.2) is 6.10 Å². The number of aliphatic carboxylic acids is 1. The molecule has 0 amide bonds. The fourth-order valence-electron chi connectivity index (χ4n) is 0.879. The fourth-order valence-corrected chi connectivity index (χ4v) is 0.879. The van der Waals surface area contributed by atoms with E-state index in [4.69, 9.17) is 20.3 Å². The Balaban J connectivity index is 4.55. The number of carboxylic acid groups (broad SMARTS) is 1. The molecule has 0 aliphatic rings. The molecular weight excluding hydrogens is 202 g/mol. The Kier molecular flexibility index (Phi) is 4.70. The van der Waals surface area contributed by atoms with Crippen molar-refractivity contribution in [2.24, 2.45) is 5.73 Å². The lowest BCUT2D eigenvalue weighted by atomic mass is 10.1. The number of carbonyl (C=O) groups excluding carboxylic acids is 1. The van der Waals surface area contributed by atoms with Gasteiger partial charge in [-0.1, -0.05) is 0 Å². The van der Waals surface area contributed by atoms with Crippen LogP contribution in [0, 0.1) is 0 Å². The molecule has 3 N–H and O–H groups in total. The molecular formula is C9H17NO5. The van der Waals surface area contributed by atoms with E-state index in [0.29, 0.717) is 0 Å². The molecule has 0 aliphatic heterocycles. The van der Waals surface area contributed by atoms with Crippen LogP contribution in [0.2, 0.25) is 0 Å². The Morgan fingerprint density at radius 3 is 2.07 bits per heavy atom. The van der Waals surface area contributed by atoms with Gasteiger partial charge in [-0.25, -0.2) is 4.79 Å². The van der Waals surface area contributed by atoms with Gasteiger partial charge < -0.3 is 20.3 Å². The molecule has 6 nitrogen and oxygen atoms in total. The van der Waals surface area contributed by atoms with Gasteiger partial charge in [0.2, 0.25) is 0 Å². The quantitative estimate of drug-likeness (QED) is 0.633. The number of hydrogen-bond donors (Lipinski definition) is 2. The number of carboxylic acids is 1. The van der Waals surface area contributed by atoms with Gasteiger partial charge in [0.25, 0.3) is 0 Å². The van der Waals surface area contributed by atoms with Crippen molar-refractivity contribution in [3.8, 4) is 0 Å². The summed E-state index contributed by atoms with van der Waals surface area (Å²) in [4.78, 5) is 22.0. The van der Waals surface area contributed by atoms with Crippen molar-refractivity contribution >= 4 is 11.9 Å². The first-order valence-electron chi connectivity index (χ1n) is 4.43. The monoisotopic (exact) mass is 219 g/mol. The number of nitrogens with two attached hydrogens (primary N) is 1. The highest BCUT2D eigenvalue weighted by Crippen LogP contribution is 2.10. The maximum absolute atomic E-state index is 11.4. The molecule has 6 heteroatoms. The van der Waals surface area contributed by atoms with Crippen molar-refractivity contribution < 1.29 is 24.2 Å². The Hall–Kier alpha value is -1.14. The zero-order chi connectivity index (χ0) is 12.2. The molecule has 0 aliphatic carbocycles. The summed E-state index contributed by atoms with van der Waals surface area (Å²) >= 11 is 0. The van der Waals surface area contributed by atoms with Crippen molar-refractivity contribution in [1.82, 2.24) is 0 Å². The lowest BCUT2D eigenvalue weighted by Crippen LogP contribution is -2.49. The zero-order valence-electron chi connectivity index (χ0n) is 9.31. The Labute approximate surface area is 88.3 Å². The highest BCUT2D eigenvalue weighted by atomic mass is 16.6. The van der Waals surface area contributed by atoms with E-state index in [1.54, 1.807) is 20.8 Å². The van der Waals surface area contributed by atoms with Gasteiger partial charge in [0.05, 0.1) is 0 Å². The van der Waals surface area contributed by atoms with Crippen molar-refractivity contribution in [3.63, 3.8) is 0 Å². The molecule has 0 heterocycles. The Bertz CT molecular complexity index is 245. The number of carbonyl (C=O) groups is 2. The largest absolute Gasteiger partial charge is 0.480 e. The van der Waals surface area contributed by atoms with E-state index >= 15 is 0 Å². The van der Waals surface area contributed by atoms with E-state index < -0.39 is 29.7 Å². The number of hydrogen-bond acceptors (Lipinski definition) is 5. The summed E-state index contributed by atoms with van der Waals surface area (Å²) in [6, 6.07) is -1.43. The van der Waals surface area contributed by atoms with Crippen molar-refractivity contribution in [2.75, 3.05) is 7.11 Å². The zero-order valence-corrected chi connectivity index (χ0v) is 9.31. The van der Waals surface area contributed by atoms with Crippen LogP contribution in [0.3, 0.4) is 0 Å². The minimum absolute atomic E-state index is 0.702. The molecule has 88 valence electrons. The van der Waals surface area contributed by atoms with E-state index in [1.807, 2.05) is 0 Å². The van der Waals surface area contributed by atoms with Crippen LogP contribution in [0.4, 0.5) is 0 Å². The number of rotatable bonds is 4. The summed E-state index contributed by atoms with van der Waals surface area (Å²) in [5, 5.41) is 8.62. The normalized spacial score (nSPS) is 15.5. The van der Waals surface area contributed by atoms with Crippen LogP contribution in [0.25, 0.3) is 0 Å². The van der Waals surface area contributed by atoms with E-state index in [0.717, 1.165) is 0 Å². The number of methoxy groups -OCH3 is 1. The van der Waals surface area contributed by atoms with Crippen LogP contribution in [-0.2, 0) is 19.1 Å². The summed E-state index contributed by atoms with van der Waals surface area (Å²) in [5.41, 5.74) is 4.56. The van der Waals surface area contributed by atoms with Crippen LogP contribution in [0.15, 0.2) is 0 Å². The van der Waals surface area contributed by atoms with Crippen LogP contribution < -0.4 is 5.73 Å². The van der Waals surface area contributed by atoms with E-state index in [9.17, 15) is 9.59 Å². The van der Waals surface area contributed by atoms with Gasteiger partial charge in [0.1, 0.15) is 11.6 Å². The summed E-state index contributed by atoms with van der Waals surface area (Å²) in [6.07, 6.45) is -1.29. The summed E-state index contributed by atoms with van der Waals surface area (Å²) < 4.78 is 9.66. The molecule has 0 fully saturated rings. The van der Waals surface area contributed by atoms with Gasteiger partial charge in [0, 0.05) is 7.11 Å². The molecule has 0 aromatic carbocycles. The molecule has 0 spiro atoms. The predicted octanol–water partition coefficient (Wildman–Crippen LogP) is -0.245. The van der Waals surface area contributed by atoms with Gasteiger partial charge in [-0.05, 0) is 20.8 Å². The second-order valence-corrected chi connectivity index (χ2v) is 4.05. The average Bonchev–Trinajstić information content (AvgIpc) is 2.01. The summed E-state index contributed by atoms with van der Waals surface area (Å²) in [7, 11) is 1.21. The Morgan fingerprint density at radius 1 is 1.33 bits per heavy atom. The molecule has 0 unspecified atom stereocenters. The molecule has 0 rings (SSSR count). The van der Waals surface area contributed by atoms with Crippen molar-refractivity contribution in [1.29, 1.82) is 0 Å². The van der Waals surface area contributed by atoms with E-state index in [1.165, 1.54) is 7.11 Å². The fraction of sp³-hybridized carbons (Fsp3) is 0.778. The second-order valence-electron chi connectivity index (χ2n) is 4.05. The highest BCUT2D eigenvalue weighted by Gasteiger charge is 2.34. The lowest BCUT2D eigenvalue weighted by Gasteiger charge is -2.24. The maximum atomic E-state index is 11.4. The lowest BCUT2D eigenvalue weighted by molar-refractivity contribution is -0.171. The highest BCUT2D eigenvalue weighted by molar-refractivity contribution is 5.85. The first-order chi connectivity index (χ1) is 6.69. The minimum atomic E-state index is -1.43. The van der Waals surface area contributed by atoms with Crippen molar-refractivity contribution in [2.45, 2.75) is 38.5 Å². The van der Waals surface area contributed by atoms with Gasteiger partial charge in [-0.3, -0.25) is 4.79 Å². The third-order valence-corrected chi connectivity index (χ3v) is 1.50. The Morgan fingerprint density at radius 2 is 1.80 bits per heavy atom. The third-order valence-electron chi connectivity index (χ3n) is 1.50. The predicted molar refractivity (Wildman–Crippen MR) is 52.3 cm³/mol. The maximum Gasteiger partial charge on any atom is 0.338 e. The van der Waals surface area contributed by atoms with E-state index in [2.05, 4.69) is 0 Å². The van der Waals surface area contributed by atoms with Crippen LogP contribution in [0.5, 0.6) is 0 Å². The molecule has 2 atom stereocenters. The number of ether oxygens (including phenoxy) is 2. The molecule has 0 aromatic heterocycles. The van der Waals surface area contributed by atoms with Gasteiger partial charge in [-0.2, -0.15) is 0 Å². The summed E-state index contributed by atoms with van der Waals surface area (Å²) in [5.74, 6) is -2.09. The smallest absolute Gasteiger partial charge is 0.338 e. The standard InChI is InChI=1S/C9H17NO5/c1-9(2,3)15-8(13)6(14-4)5(10)7(11)12/h5-6H,10H2,1-4H3,(H,11,12)/t5-,6-/m0/s1. The summed E-state index contributed by atoms with van der Waals surface area (Å²) in [6.45, 7) is 5.01. The van der Waals surface area contributed by atoms with E-state index in [-0.39, 0.29) is 0 Å². The van der Waals surface area contributed by atoms with Crippen LogP contribution in [0.1, 0.15) is 20.8 Å². The minimum Gasteiger partial charge on any atom is -0.480 e. The first-order valence-corrected chi connectivity index (χ1v) is 4.43. The molecule has 0 saturated heterocycles. The first kappa shape index (κ1) is 13.9.